The summed E-state index contributed by atoms with van der Waals surface area (Å²) in [6, 6.07) is 5.48. The van der Waals surface area contributed by atoms with Crippen LogP contribution in [0.5, 0.6) is 0 Å². The normalized spacial score (nSPS) is 19.0. The summed E-state index contributed by atoms with van der Waals surface area (Å²) in [5.74, 6) is -2.02. The lowest BCUT2D eigenvalue weighted by molar-refractivity contribution is -0.143. The smallest absolute Gasteiger partial charge is 0.325 e. The topological polar surface area (TPSA) is 78.5 Å². The van der Waals surface area contributed by atoms with Crippen LogP contribution in [0.1, 0.15) is 23.6 Å². The van der Waals surface area contributed by atoms with E-state index in [2.05, 4.69) is 5.32 Å². The first-order valence-corrected chi connectivity index (χ1v) is 9.48. The lowest BCUT2D eigenvalue weighted by atomic mass is 9.92. The van der Waals surface area contributed by atoms with Crippen molar-refractivity contribution < 1.29 is 40.7 Å². The molecule has 2 aromatic carbocycles. The Morgan fingerprint density at radius 1 is 1.00 bits per heavy atom. The molecule has 2 aromatic rings. The van der Waals surface area contributed by atoms with Crippen LogP contribution in [-0.2, 0) is 27.5 Å². The Kier molecular flexibility index (Phi) is 6.09. The number of carbonyl (C=O) groups excluding carboxylic acids is 3. The molecule has 176 valence electrons. The third-order valence-electron chi connectivity index (χ3n) is 4.87. The molecule has 0 unspecified atom stereocenters. The van der Waals surface area contributed by atoms with Gasteiger partial charge >= 0.3 is 18.4 Å². The Balaban J connectivity index is 1.81. The highest BCUT2D eigenvalue weighted by molar-refractivity contribution is 6.30. The third-order valence-corrected chi connectivity index (χ3v) is 5.12. The fourth-order valence-electron chi connectivity index (χ4n) is 3.19. The van der Waals surface area contributed by atoms with Gasteiger partial charge in [0.25, 0.3) is 5.91 Å². The molecule has 1 heterocycles. The second-order valence-electron chi connectivity index (χ2n) is 7.30. The molecule has 13 heteroatoms. The number of nitrogens with zero attached hydrogens (tertiary/aromatic N) is 1. The van der Waals surface area contributed by atoms with Crippen LogP contribution in [-0.4, -0.2) is 29.3 Å². The number of carbonyl (C=O) groups is 3. The van der Waals surface area contributed by atoms with Crippen molar-refractivity contribution in [1.29, 1.82) is 0 Å². The average Bonchev–Trinajstić information content (AvgIpc) is 2.90. The number of nitrogens with one attached hydrogen (secondary N) is 2. The van der Waals surface area contributed by atoms with Gasteiger partial charge in [-0.15, -0.1) is 0 Å². The van der Waals surface area contributed by atoms with Crippen molar-refractivity contribution in [3.8, 4) is 0 Å². The van der Waals surface area contributed by atoms with Crippen LogP contribution < -0.4 is 10.6 Å². The maximum Gasteiger partial charge on any atom is 0.416 e. The zero-order valence-electron chi connectivity index (χ0n) is 16.6. The molecule has 0 bridgehead atoms. The monoisotopic (exact) mass is 493 g/mol. The summed E-state index contributed by atoms with van der Waals surface area (Å²) in [6.45, 7) is 0.433. The molecule has 2 N–H and O–H groups in total. The van der Waals surface area contributed by atoms with Crippen LogP contribution in [0.25, 0.3) is 0 Å². The molecule has 0 spiro atoms. The standard InChI is InChI=1S/C20H14ClF6N3O3/c1-18(10-2-4-13(21)5-3-10)16(32)30(17(33)29-18)9-15(31)28-14-7-11(19(22,23)24)6-12(8-14)20(25,26)27/h2-8H,9H2,1H3,(H,28,31)(H,29,33)/t18-/m0/s1. The fourth-order valence-corrected chi connectivity index (χ4v) is 3.32. The zero-order chi connectivity index (χ0) is 24.8. The van der Waals surface area contributed by atoms with Gasteiger partial charge in [0.1, 0.15) is 12.1 Å². The van der Waals surface area contributed by atoms with Gasteiger partial charge < -0.3 is 10.6 Å². The summed E-state index contributed by atoms with van der Waals surface area (Å²) in [5.41, 5.74) is -5.26. The van der Waals surface area contributed by atoms with Gasteiger partial charge in [0.05, 0.1) is 11.1 Å². The van der Waals surface area contributed by atoms with Gasteiger partial charge in [0.2, 0.25) is 5.91 Å². The molecule has 1 fully saturated rings. The first kappa shape index (κ1) is 24.4. The molecule has 6 nitrogen and oxygen atoms in total. The number of benzene rings is 2. The molecule has 3 rings (SSSR count). The molecular formula is C20H14ClF6N3O3. The van der Waals surface area contributed by atoms with Crippen LogP contribution in [0.3, 0.4) is 0 Å². The lowest BCUT2D eigenvalue weighted by Crippen LogP contribution is -2.42. The van der Waals surface area contributed by atoms with Gasteiger partial charge in [0.15, 0.2) is 0 Å². The second kappa shape index (κ2) is 8.25. The van der Waals surface area contributed by atoms with Gasteiger partial charge in [-0.3, -0.25) is 14.5 Å². The Morgan fingerprint density at radius 2 is 1.52 bits per heavy atom. The Labute approximate surface area is 187 Å². The van der Waals surface area contributed by atoms with Gasteiger partial charge in [-0.25, -0.2) is 4.79 Å². The van der Waals surface area contributed by atoms with E-state index in [0.29, 0.717) is 27.6 Å². The Morgan fingerprint density at radius 3 is 2.00 bits per heavy atom. The van der Waals surface area contributed by atoms with E-state index in [1.54, 1.807) is 0 Å². The number of rotatable bonds is 4. The minimum Gasteiger partial charge on any atom is -0.325 e. The summed E-state index contributed by atoms with van der Waals surface area (Å²) in [7, 11) is 0. The summed E-state index contributed by atoms with van der Waals surface area (Å²) < 4.78 is 77.9. The van der Waals surface area contributed by atoms with Crippen molar-refractivity contribution in [2.45, 2.75) is 24.8 Å². The summed E-state index contributed by atoms with van der Waals surface area (Å²) in [6.07, 6.45) is -10.2. The summed E-state index contributed by atoms with van der Waals surface area (Å²) in [5, 5.41) is 4.66. The summed E-state index contributed by atoms with van der Waals surface area (Å²) in [4.78, 5) is 37.9. The molecule has 0 saturated carbocycles. The number of imide groups is 1. The summed E-state index contributed by atoms with van der Waals surface area (Å²) >= 11 is 5.81. The van der Waals surface area contributed by atoms with E-state index in [9.17, 15) is 40.7 Å². The van der Waals surface area contributed by atoms with E-state index in [-0.39, 0.29) is 6.07 Å². The van der Waals surface area contributed by atoms with Crippen molar-refractivity contribution in [3.63, 3.8) is 0 Å². The molecule has 33 heavy (non-hydrogen) atoms. The quantitative estimate of drug-likeness (QED) is 0.475. The molecule has 1 saturated heterocycles. The van der Waals surface area contributed by atoms with Crippen LogP contribution in [0, 0.1) is 0 Å². The highest BCUT2D eigenvalue weighted by Gasteiger charge is 2.49. The number of anilines is 1. The van der Waals surface area contributed by atoms with Crippen molar-refractivity contribution >= 4 is 35.1 Å². The van der Waals surface area contributed by atoms with Crippen LogP contribution >= 0.6 is 11.6 Å². The minimum atomic E-state index is -5.11. The zero-order valence-corrected chi connectivity index (χ0v) is 17.3. The predicted octanol–water partition coefficient (Wildman–Crippen LogP) is 4.78. The molecular weight excluding hydrogens is 480 g/mol. The van der Waals surface area contributed by atoms with Crippen LogP contribution in [0.2, 0.25) is 5.02 Å². The minimum absolute atomic E-state index is 0.0926. The number of alkyl halides is 6. The third kappa shape index (κ3) is 5.05. The van der Waals surface area contributed by atoms with Crippen molar-refractivity contribution in [2.75, 3.05) is 11.9 Å². The van der Waals surface area contributed by atoms with E-state index in [1.165, 1.54) is 31.2 Å². The number of halogens is 7. The van der Waals surface area contributed by atoms with E-state index in [4.69, 9.17) is 11.6 Å². The SMILES string of the molecule is C[C@@]1(c2ccc(Cl)cc2)NC(=O)N(CC(=O)Nc2cc(C(F)(F)F)cc(C(F)(F)F)c2)C1=O. The first-order valence-electron chi connectivity index (χ1n) is 9.11. The molecule has 1 aliphatic rings. The Hall–Kier alpha value is -3.28. The van der Waals surface area contributed by atoms with Gasteiger partial charge in [-0.1, -0.05) is 23.7 Å². The van der Waals surface area contributed by atoms with Gasteiger partial charge in [0, 0.05) is 10.7 Å². The van der Waals surface area contributed by atoms with Crippen LogP contribution in [0.15, 0.2) is 42.5 Å². The number of urea groups is 1. The van der Waals surface area contributed by atoms with E-state index >= 15 is 0 Å². The molecule has 0 radical (unpaired) electrons. The second-order valence-corrected chi connectivity index (χ2v) is 7.73. The molecule has 4 amide bonds. The predicted molar refractivity (Wildman–Crippen MR) is 104 cm³/mol. The fraction of sp³-hybridized carbons (Fsp3) is 0.250. The molecule has 1 aliphatic heterocycles. The number of amides is 4. The van der Waals surface area contributed by atoms with E-state index < -0.39 is 59.1 Å². The maximum absolute atomic E-state index is 13.0. The number of hydrogen-bond acceptors (Lipinski definition) is 3. The molecule has 0 aromatic heterocycles. The first-order chi connectivity index (χ1) is 15.1. The van der Waals surface area contributed by atoms with E-state index in [0.717, 1.165) is 0 Å². The lowest BCUT2D eigenvalue weighted by Gasteiger charge is -2.22. The molecule has 0 aliphatic carbocycles. The molecule has 1 atom stereocenters. The van der Waals surface area contributed by atoms with Gasteiger partial charge in [-0.2, -0.15) is 26.3 Å². The highest BCUT2D eigenvalue weighted by Crippen LogP contribution is 2.37. The number of hydrogen-bond donors (Lipinski definition) is 2. The van der Waals surface area contributed by atoms with Crippen molar-refractivity contribution in [3.05, 3.63) is 64.2 Å². The average molecular weight is 494 g/mol. The maximum atomic E-state index is 13.0. The van der Waals surface area contributed by atoms with Crippen molar-refractivity contribution in [1.82, 2.24) is 10.2 Å². The van der Waals surface area contributed by atoms with Gasteiger partial charge in [-0.05, 0) is 42.8 Å². The van der Waals surface area contributed by atoms with Crippen molar-refractivity contribution in [2.24, 2.45) is 0 Å². The largest absolute Gasteiger partial charge is 0.416 e. The van der Waals surface area contributed by atoms with E-state index in [1.807, 2.05) is 5.32 Å². The van der Waals surface area contributed by atoms with Crippen LogP contribution in [0.4, 0.5) is 36.8 Å². The highest BCUT2D eigenvalue weighted by atomic mass is 35.5. The Bertz CT molecular complexity index is 1090.